The van der Waals surface area contributed by atoms with E-state index in [1.54, 1.807) is 0 Å². The number of benzene rings is 10. The number of fused-ring (bicyclic) bond motifs is 4. The van der Waals surface area contributed by atoms with E-state index in [0.29, 0.717) is 11.5 Å². The molecule has 5 nitrogen and oxygen atoms in total. The van der Waals surface area contributed by atoms with Gasteiger partial charge in [-0.3, -0.25) is 0 Å². The minimum absolute atomic E-state index is 0. The monoisotopic (exact) mass is 1330 g/mol. The van der Waals surface area contributed by atoms with Gasteiger partial charge in [0.25, 0.3) is 0 Å². The third-order valence-electron chi connectivity index (χ3n) is 17.2. The number of ether oxygens (including phenoxy) is 1. The number of nitrogens with zero attached hydrogens (tertiary/aromatic N) is 4. The van der Waals surface area contributed by atoms with E-state index in [-0.39, 0.29) is 42.7 Å². The molecule has 13 rings (SSSR count). The van der Waals surface area contributed by atoms with Gasteiger partial charge in [0.1, 0.15) is 5.82 Å². The van der Waals surface area contributed by atoms with Gasteiger partial charge in [-0.1, -0.05) is 258 Å². The van der Waals surface area contributed by atoms with Gasteiger partial charge in [-0.2, -0.15) is 6.07 Å². The smallest absolute Gasteiger partial charge is 0.135 e. The Morgan fingerprint density at radius 2 is 0.909 bits per heavy atom. The van der Waals surface area contributed by atoms with E-state index < -0.39 is 0 Å². The number of hydrogen-bond donors (Lipinski definition) is 0. The van der Waals surface area contributed by atoms with Gasteiger partial charge in [-0.15, -0.1) is 53.6 Å². The van der Waals surface area contributed by atoms with Crippen molar-refractivity contribution >= 4 is 44.6 Å². The first kappa shape index (κ1) is 59.6. The summed E-state index contributed by atoms with van der Waals surface area (Å²) in [6.07, 6.45) is 2.05. The average molecular weight is 1330 g/mol. The van der Waals surface area contributed by atoms with Gasteiger partial charge in [-0.25, -0.2) is 4.98 Å². The van der Waals surface area contributed by atoms with Crippen LogP contribution in [0.1, 0.15) is 105 Å². The van der Waals surface area contributed by atoms with Gasteiger partial charge in [0.15, 0.2) is 0 Å². The third kappa shape index (κ3) is 11.5. The van der Waals surface area contributed by atoms with Crippen LogP contribution in [0.2, 0.25) is 0 Å². The van der Waals surface area contributed by atoms with Gasteiger partial charge in [0.05, 0.1) is 0 Å². The van der Waals surface area contributed by atoms with Crippen LogP contribution in [0.5, 0.6) is 11.5 Å². The van der Waals surface area contributed by atoms with Crippen LogP contribution in [0.3, 0.4) is 0 Å². The van der Waals surface area contributed by atoms with Crippen LogP contribution in [0.15, 0.2) is 231 Å². The fourth-order valence-electron chi connectivity index (χ4n) is 12.3. The van der Waals surface area contributed by atoms with E-state index in [4.69, 9.17) is 9.72 Å². The number of pyridine rings is 1. The van der Waals surface area contributed by atoms with Crippen LogP contribution in [-0.4, -0.2) is 9.55 Å². The summed E-state index contributed by atoms with van der Waals surface area (Å²) in [6, 6.07) is 89.1. The zero-order valence-corrected chi connectivity index (χ0v) is 54.8. The predicted molar refractivity (Wildman–Crippen MR) is 366 cm³/mol. The van der Waals surface area contributed by atoms with Crippen molar-refractivity contribution in [1.82, 2.24) is 9.55 Å². The average Bonchev–Trinajstić information content (AvgIpc) is 1.58. The Morgan fingerprint density at radius 3 is 1.55 bits per heavy atom. The quantitative estimate of drug-likeness (QED) is 0.128. The van der Waals surface area contributed by atoms with Crippen LogP contribution >= 0.6 is 0 Å². The molecule has 10 aromatic carbocycles. The topological polar surface area (TPSA) is 33.5 Å². The molecule has 6 heteroatoms. The molecule has 0 saturated carbocycles. The Morgan fingerprint density at radius 1 is 0.386 bits per heavy atom. The number of anilines is 4. The summed E-state index contributed by atoms with van der Waals surface area (Å²) >= 11 is 0. The van der Waals surface area contributed by atoms with Crippen LogP contribution in [0.4, 0.5) is 22.7 Å². The van der Waals surface area contributed by atoms with E-state index in [0.717, 1.165) is 94.9 Å². The molecule has 0 N–H and O–H groups in total. The molecule has 0 atom stereocenters. The Kier molecular flexibility index (Phi) is 15.6. The van der Waals surface area contributed by atoms with Crippen LogP contribution in [-0.2, 0) is 42.7 Å². The van der Waals surface area contributed by atoms with Crippen molar-refractivity contribution in [2.24, 2.45) is 0 Å². The molecule has 0 fully saturated rings. The van der Waals surface area contributed by atoms with E-state index in [1.807, 2.05) is 6.20 Å². The fourth-order valence-corrected chi connectivity index (χ4v) is 12.3. The van der Waals surface area contributed by atoms with Crippen LogP contribution in [0.25, 0.3) is 83.3 Å². The standard InChI is InChI=1S/C82H75N4O.Pt/c1-79(2,3)61-38-33-55(34-39-61)59-37-44-73-70(46-59)69-43-42-65(50-76(69)86(73)77-51-72(82(10,11)12)71(52-83-77)56-25-17-14-18-26-56)87-66-48-63(81(7,8)9)47-64(49-66)84-53-85(75-32-20-19-31-74(75)84)78-67(57-35-40-62(41-36-57)80(4,5)6)29-22-30-68(78)60-28-21-27-58(45-60)54-23-15-13-16-24-54;/h13-48,51-53H,1-12H3;/q-3;. The van der Waals surface area contributed by atoms with Gasteiger partial charge in [-0.05, 0) is 113 Å². The van der Waals surface area contributed by atoms with Crippen LogP contribution < -0.4 is 14.5 Å². The molecule has 442 valence electrons. The van der Waals surface area contributed by atoms with Crippen molar-refractivity contribution < 1.29 is 25.8 Å². The molecule has 88 heavy (non-hydrogen) atoms. The van der Waals surface area contributed by atoms with Gasteiger partial charge in [0, 0.05) is 78.0 Å². The SMILES string of the molecule is CC(C)(C)c1ccc(-c2ccc3c(c2)c2ccc(Oc4[c-]c(N5[CH-]N(c6c(-c7ccc(C(C)(C)C)cc7)cccc6-c6cccc(-c7ccccc7)c6)c6ccccc65)cc(C(C)(C)C)c4)[c-]c2n3-c2cc(C(C)(C)C)c(-c3ccccc3)cn2)cc1.[Pt]. The fraction of sp³-hybridized carbons (Fsp3) is 0.195. The molecule has 12 aromatic rings. The molecule has 1 aliphatic rings. The number of rotatable bonds is 10. The second kappa shape index (κ2) is 23.1. The Labute approximate surface area is 535 Å². The number of aromatic nitrogens is 2. The van der Waals surface area contributed by atoms with Crippen molar-refractivity contribution in [1.29, 1.82) is 0 Å². The Hall–Kier alpha value is -8.76. The molecule has 0 amide bonds. The maximum atomic E-state index is 7.13. The van der Waals surface area contributed by atoms with Crippen molar-refractivity contribution in [3.63, 3.8) is 0 Å². The van der Waals surface area contributed by atoms with E-state index in [9.17, 15) is 0 Å². The van der Waals surface area contributed by atoms with E-state index in [1.165, 1.54) is 33.4 Å². The first-order chi connectivity index (χ1) is 41.6. The molecule has 3 heterocycles. The Balaban J connectivity index is 0.00000754. The van der Waals surface area contributed by atoms with Crippen molar-refractivity contribution in [3.8, 4) is 73.0 Å². The minimum atomic E-state index is -0.239. The second-order valence-electron chi connectivity index (χ2n) is 27.5. The zero-order valence-electron chi connectivity index (χ0n) is 52.5. The van der Waals surface area contributed by atoms with Crippen molar-refractivity contribution in [2.75, 3.05) is 9.80 Å². The summed E-state index contributed by atoms with van der Waals surface area (Å²) < 4.78 is 9.40. The maximum Gasteiger partial charge on any atom is 0.135 e. The van der Waals surface area contributed by atoms with Crippen molar-refractivity contribution in [2.45, 2.75) is 105 Å². The Bertz CT molecular complexity index is 4530. The number of para-hydroxylation sites is 3. The molecule has 0 bridgehead atoms. The largest absolute Gasteiger partial charge is 0.509 e. The van der Waals surface area contributed by atoms with E-state index >= 15 is 0 Å². The summed E-state index contributed by atoms with van der Waals surface area (Å²) in [7, 11) is 0. The molecule has 0 radical (unpaired) electrons. The summed E-state index contributed by atoms with van der Waals surface area (Å²) in [4.78, 5) is 9.95. The first-order valence-electron chi connectivity index (χ1n) is 30.5. The second-order valence-corrected chi connectivity index (χ2v) is 27.5. The molecule has 0 spiro atoms. The maximum absolute atomic E-state index is 7.13. The molecular formula is C82H75N4OPt-3. The van der Waals surface area contributed by atoms with Crippen LogP contribution in [0, 0.1) is 18.8 Å². The van der Waals surface area contributed by atoms with E-state index in [2.05, 4.69) is 341 Å². The molecule has 1 aliphatic heterocycles. The molecule has 0 saturated heterocycles. The number of hydrogen-bond acceptors (Lipinski definition) is 4. The molecule has 0 unspecified atom stereocenters. The normalized spacial score (nSPS) is 12.8. The first-order valence-corrected chi connectivity index (χ1v) is 30.5. The van der Waals surface area contributed by atoms with Gasteiger partial charge >= 0.3 is 0 Å². The zero-order chi connectivity index (χ0) is 60.6. The summed E-state index contributed by atoms with van der Waals surface area (Å²) in [6.45, 7) is 29.4. The minimum Gasteiger partial charge on any atom is -0.509 e. The molecule has 0 aliphatic carbocycles. The predicted octanol–water partition coefficient (Wildman–Crippen LogP) is 22.5. The molecular weight excluding hydrogens is 1250 g/mol. The summed E-state index contributed by atoms with van der Waals surface area (Å²) in [5.74, 6) is 2.00. The van der Waals surface area contributed by atoms with Gasteiger partial charge in [0.2, 0.25) is 0 Å². The molecule has 2 aromatic heterocycles. The van der Waals surface area contributed by atoms with Crippen molar-refractivity contribution in [3.05, 3.63) is 272 Å². The third-order valence-corrected chi connectivity index (χ3v) is 17.2. The van der Waals surface area contributed by atoms with Gasteiger partial charge < -0.3 is 19.1 Å². The summed E-state index contributed by atoms with van der Waals surface area (Å²) in [5.41, 5.74) is 22.0. The summed E-state index contributed by atoms with van der Waals surface area (Å²) in [5, 5.41) is 2.17.